The molecule has 0 aliphatic rings. The first-order valence-corrected chi connectivity index (χ1v) is 8.47. The number of halogens is 1. The highest BCUT2D eigenvalue weighted by Crippen LogP contribution is 2.23. The third kappa shape index (κ3) is 5.26. The Balaban J connectivity index is 1.99. The lowest BCUT2D eigenvalue weighted by molar-refractivity contribution is -0.137. The van der Waals surface area contributed by atoms with E-state index in [-0.39, 0.29) is 18.5 Å². The molecular weight excluding hydrogens is 350 g/mol. The number of benzene rings is 1. The smallest absolute Gasteiger partial charge is 0.305 e. The Hall–Kier alpha value is -1.17. The van der Waals surface area contributed by atoms with E-state index in [2.05, 4.69) is 40.3 Å². The van der Waals surface area contributed by atoms with E-state index < -0.39 is 5.97 Å². The SMILES string of the molecule is CC(Cc1ccc(Br)cc1)NC(CC(=O)O)c1cccs1. The molecule has 2 aromatic rings. The van der Waals surface area contributed by atoms with E-state index in [1.54, 1.807) is 11.3 Å². The third-order valence-corrected chi connectivity index (χ3v) is 4.72. The van der Waals surface area contributed by atoms with Gasteiger partial charge in [-0.3, -0.25) is 4.79 Å². The fourth-order valence-corrected chi connectivity index (χ4v) is 3.33. The second-order valence-corrected chi connectivity index (χ2v) is 6.96. The summed E-state index contributed by atoms with van der Waals surface area (Å²) in [5, 5.41) is 14.5. The molecule has 1 aromatic carbocycles. The van der Waals surface area contributed by atoms with Gasteiger partial charge in [0.25, 0.3) is 0 Å². The molecule has 0 amide bonds. The van der Waals surface area contributed by atoms with Crippen molar-refractivity contribution in [3.63, 3.8) is 0 Å². The number of rotatable bonds is 7. The van der Waals surface area contributed by atoms with Crippen LogP contribution in [0.15, 0.2) is 46.3 Å². The van der Waals surface area contributed by atoms with Gasteiger partial charge < -0.3 is 10.4 Å². The average molecular weight is 368 g/mol. The van der Waals surface area contributed by atoms with Crippen LogP contribution in [0.5, 0.6) is 0 Å². The third-order valence-electron chi connectivity index (χ3n) is 3.21. The fraction of sp³-hybridized carbons (Fsp3) is 0.312. The van der Waals surface area contributed by atoms with Crippen molar-refractivity contribution in [1.82, 2.24) is 5.32 Å². The van der Waals surface area contributed by atoms with Crippen molar-refractivity contribution in [2.75, 3.05) is 0 Å². The molecule has 1 aromatic heterocycles. The van der Waals surface area contributed by atoms with Crippen molar-refractivity contribution in [2.24, 2.45) is 0 Å². The Labute approximate surface area is 137 Å². The molecule has 2 N–H and O–H groups in total. The van der Waals surface area contributed by atoms with Gasteiger partial charge in [-0.25, -0.2) is 0 Å². The molecule has 3 nitrogen and oxygen atoms in total. The summed E-state index contributed by atoms with van der Waals surface area (Å²) in [6.45, 7) is 2.09. The zero-order valence-electron chi connectivity index (χ0n) is 11.8. The first-order chi connectivity index (χ1) is 10.0. The number of aliphatic carboxylic acids is 1. The number of carboxylic acids is 1. The van der Waals surface area contributed by atoms with Crippen LogP contribution in [-0.2, 0) is 11.2 Å². The molecule has 21 heavy (non-hydrogen) atoms. The summed E-state index contributed by atoms with van der Waals surface area (Å²) in [5.74, 6) is -0.781. The van der Waals surface area contributed by atoms with E-state index in [9.17, 15) is 4.79 Å². The molecule has 0 saturated heterocycles. The number of nitrogens with one attached hydrogen (secondary N) is 1. The summed E-state index contributed by atoms with van der Waals surface area (Å²) in [6, 6.07) is 12.2. The minimum atomic E-state index is -0.781. The lowest BCUT2D eigenvalue weighted by Crippen LogP contribution is -2.33. The standard InChI is InChI=1S/C16H18BrNO2S/c1-11(9-12-4-6-13(17)7-5-12)18-14(10-16(19)20)15-3-2-8-21-15/h2-8,11,14,18H,9-10H2,1H3,(H,19,20). The fourth-order valence-electron chi connectivity index (χ4n) is 2.28. The van der Waals surface area contributed by atoms with Crippen LogP contribution in [0.4, 0.5) is 0 Å². The van der Waals surface area contributed by atoms with Gasteiger partial charge in [-0.2, -0.15) is 0 Å². The van der Waals surface area contributed by atoms with Gasteiger partial charge in [-0.1, -0.05) is 34.1 Å². The van der Waals surface area contributed by atoms with E-state index in [1.165, 1.54) is 5.56 Å². The summed E-state index contributed by atoms with van der Waals surface area (Å²) in [4.78, 5) is 12.1. The molecule has 0 fully saturated rings. The minimum absolute atomic E-state index is 0.102. The van der Waals surface area contributed by atoms with Crippen molar-refractivity contribution in [2.45, 2.75) is 31.8 Å². The number of hydrogen-bond donors (Lipinski definition) is 2. The molecule has 0 aliphatic heterocycles. The number of thiophene rings is 1. The summed E-state index contributed by atoms with van der Waals surface area (Å²) in [6.07, 6.45) is 0.972. The second-order valence-electron chi connectivity index (χ2n) is 5.06. The number of carboxylic acid groups (broad SMARTS) is 1. The predicted molar refractivity (Wildman–Crippen MR) is 89.8 cm³/mol. The maximum atomic E-state index is 11.0. The molecular formula is C16H18BrNO2S. The molecule has 2 atom stereocenters. The Morgan fingerprint density at radius 2 is 2.05 bits per heavy atom. The molecule has 0 spiro atoms. The molecule has 0 radical (unpaired) electrons. The molecule has 0 aliphatic carbocycles. The van der Waals surface area contributed by atoms with Crippen LogP contribution in [0, 0.1) is 0 Å². The van der Waals surface area contributed by atoms with E-state index in [0.29, 0.717) is 0 Å². The molecule has 2 rings (SSSR count). The monoisotopic (exact) mass is 367 g/mol. The Kier molecular flexibility index (Phi) is 5.96. The van der Waals surface area contributed by atoms with Crippen LogP contribution in [0.1, 0.15) is 29.8 Å². The van der Waals surface area contributed by atoms with Gasteiger partial charge >= 0.3 is 5.97 Å². The van der Waals surface area contributed by atoms with Crippen molar-refractivity contribution in [3.05, 3.63) is 56.7 Å². The van der Waals surface area contributed by atoms with E-state index in [1.807, 2.05) is 29.6 Å². The highest BCUT2D eigenvalue weighted by Gasteiger charge is 2.18. The molecule has 112 valence electrons. The van der Waals surface area contributed by atoms with Gasteiger partial charge in [-0.05, 0) is 42.5 Å². The minimum Gasteiger partial charge on any atom is -0.481 e. The maximum absolute atomic E-state index is 11.0. The first kappa shape index (κ1) is 16.2. The molecule has 0 bridgehead atoms. The quantitative estimate of drug-likeness (QED) is 0.768. The van der Waals surface area contributed by atoms with Crippen molar-refractivity contribution >= 4 is 33.2 Å². The zero-order valence-corrected chi connectivity index (χ0v) is 14.2. The second kappa shape index (κ2) is 7.73. The molecule has 5 heteroatoms. The molecule has 0 saturated carbocycles. The van der Waals surface area contributed by atoms with E-state index in [4.69, 9.17) is 5.11 Å². The summed E-state index contributed by atoms with van der Waals surface area (Å²) < 4.78 is 1.06. The van der Waals surface area contributed by atoms with Crippen LogP contribution in [0.2, 0.25) is 0 Å². The maximum Gasteiger partial charge on any atom is 0.305 e. The predicted octanol–water partition coefficient (Wildman–Crippen LogP) is 4.25. The van der Waals surface area contributed by atoms with E-state index in [0.717, 1.165) is 15.8 Å². The topological polar surface area (TPSA) is 49.3 Å². The van der Waals surface area contributed by atoms with Crippen molar-refractivity contribution in [3.8, 4) is 0 Å². The number of carbonyl (C=O) groups is 1. The lowest BCUT2D eigenvalue weighted by atomic mass is 10.0. The Morgan fingerprint density at radius 3 is 2.62 bits per heavy atom. The van der Waals surface area contributed by atoms with Gasteiger partial charge in [0.2, 0.25) is 0 Å². The highest BCUT2D eigenvalue weighted by atomic mass is 79.9. The van der Waals surface area contributed by atoms with E-state index >= 15 is 0 Å². The largest absolute Gasteiger partial charge is 0.481 e. The summed E-state index contributed by atoms with van der Waals surface area (Å²) in [7, 11) is 0. The number of hydrogen-bond acceptors (Lipinski definition) is 3. The first-order valence-electron chi connectivity index (χ1n) is 6.80. The average Bonchev–Trinajstić information content (AvgIpc) is 2.94. The van der Waals surface area contributed by atoms with Crippen LogP contribution >= 0.6 is 27.3 Å². The van der Waals surface area contributed by atoms with Gasteiger partial charge in [0.15, 0.2) is 0 Å². The van der Waals surface area contributed by atoms with Gasteiger partial charge in [0, 0.05) is 15.4 Å². The van der Waals surface area contributed by atoms with Gasteiger partial charge in [0.05, 0.1) is 12.5 Å². The summed E-state index contributed by atoms with van der Waals surface area (Å²) in [5.41, 5.74) is 1.23. The van der Waals surface area contributed by atoms with Crippen LogP contribution in [0.3, 0.4) is 0 Å². The van der Waals surface area contributed by atoms with Crippen LogP contribution in [-0.4, -0.2) is 17.1 Å². The van der Waals surface area contributed by atoms with Gasteiger partial charge in [0.1, 0.15) is 0 Å². The highest BCUT2D eigenvalue weighted by molar-refractivity contribution is 9.10. The molecule has 2 unspecified atom stereocenters. The lowest BCUT2D eigenvalue weighted by Gasteiger charge is -2.21. The van der Waals surface area contributed by atoms with Crippen LogP contribution in [0.25, 0.3) is 0 Å². The zero-order chi connectivity index (χ0) is 15.2. The van der Waals surface area contributed by atoms with Crippen molar-refractivity contribution < 1.29 is 9.90 Å². The summed E-state index contributed by atoms with van der Waals surface area (Å²) >= 11 is 5.02. The molecule has 1 heterocycles. The Morgan fingerprint density at radius 1 is 1.33 bits per heavy atom. The van der Waals surface area contributed by atoms with Gasteiger partial charge in [-0.15, -0.1) is 11.3 Å². The van der Waals surface area contributed by atoms with Crippen LogP contribution < -0.4 is 5.32 Å². The normalized spacial score (nSPS) is 13.8. The van der Waals surface area contributed by atoms with Crippen molar-refractivity contribution in [1.29, 1.82) is 0 Å². The Bertz CT molecular complexity index is 568.